The Morgan fingerprint density at radius 1 is 1.30 bits per heavy atom. The third kappa shape index (κ3) is 3.65. The SMILES string of the molecule is O=[C]C(Cc1ccc(O)cc1)NC(=O)c1cccnc1. The van der Waals surface area contributed by atoms with Crippen LogP contribution in [0.4, 0.5) is 0 Å². The van der Waals surface area contributed by atoms with Crippen molar-refractivity contribution in [1.29, 1.82) is 0 Å². The molecule has 5 heteroatoms. The molecule has 2 rings (SSSR count). The first-order chi connectivity index (χ1) is 9.69. The molecule has 0 spiro atoms. The minimum absolute atomic E-state index is 0.153. The van der Waals surface area contributed by atoms with E-state index in [9.17, 15) is 14.7 Å². The van der Waals surface area contributed by atoms with Crippen LogP contribution in [0.2, 0.25) is 0 Å². The highest BCUT2D eigenvalue weighted by molar-refractivity contribution is 5.95. The second-order valence-electron chi connectivity index (χ2n) is 4.26. The number of carbonyl (C=O) groups is 1. The van der Waals surface area contributed by atoms with E-state index in [1.165, 1.54) is 18.3 Å². The molecule has 1 unspecified atom stereocenters. The summed E-state index contributed by atoms with van der Waals surface area (Å²) < 4.78 is 0. The average molecular weight is 269 g/mol. The fourth-order valence-corrected chi connectivity index (χ4v) is 1.73. The van der Waals surface area contributed by atoms with Gasteiger partial charge >= 0.3 is 0 Å². The minimum Gasteiger partial charge on any atom is -0.508 e. The van der Waals surface area contributed by atoms with Crippen LogP contribution in [0.15, 0.2) is 48.8 Å². The van der Waals surface area contributed by atoms with Gasteiger partial charge in [-0.1, -0.05) is 12.1 Å². The predicted octanol–water partition coefficient (Wildman–Crippen LogP) is 1.24. The summed E-state index contributed by atoms with van der Waals surface area (Å²) >= 11 is 0. The Morgan fingerprint density at radius 2 is 2.05 bits per heavy atom. The molecule has 1 atom stereocenters. The van der Waals surface area contributed by atoms with Gasteiger partial charge in [0.1, 0.15) is 5.75 Å². The lowest BCUT2D eigenvalue weighted by Gasteiger charge is -2.12. The fourth-order valence-electron chi connectivity index (χ4n) is 1.73. The summed E-state index contributed by atoms with van der Waals surface area (Å²) in [7, 11) is 0. The highest BCUT2D eigenvalue weighted by atomic mass is 16.3. The molecule has 0 aliphatic carbocycles. The number of aromatic nitrogens is 1. The van der Waals surface area contributed by atoms with E-state index in [2.05, 4.69) is 10.3 Å². The molecule has 2 N–H and O–H groups in total. The highest BCUT2D eigenvalue weighted by Crippen LogP contribution is 2.11. The summed E-state index contributed by atoms with van der Waals surface area (Å²) in [5.41, 5.74) is 1.21. The van der Waals surface area contributed by atoms with Gasteiger partial charge in [-0.25, -0.2) is 0 Å². The van der Waals surface area contributed by atoms with Crippen molar-refractivity contribution in [3.05, 3.63) is 59.9 Å². The second kappa shape index (κ2) is 6.47. The van der Waals surface area contributed by atoms with E-state index in [4.69, 9.17) is 0 Å². The number of carbonyl (C=O) groups excluding carboxylic acids is 2. The van der Waals surface area contributed by atoms with E-state index < -0.39 is 6.04 Å². The van der Waals surface area contributed by atoms with E-state index >= 15 is 0 Å². The Labute approximate surface area is 116 Å². The summed E-state index contributed by atoms with van der Waals surface area (Å²) in [6, 6.07) is 8.96. The Hall–Kier alpha value is -2.69. The van der Waals surface area contributed by atoms with Crippen molar-refractivity contribution in [2.45, 2.75) is 12.5 Å². The molecule has 1 aromatic heterocycles. The first-order valence-electron chi connectivity index (χ1n) is 6.05. The Bertz CT molecular complexity index is 582. The maximum atomic E-state index is 11.9. The Morgan fingerprint density at radius 3 is 2.65 bits per heavy atom. The first kappa shape index (κ1) is 13.7. The molecular formula is C15H13N2O3. The molecule has 0 aliphatic rings. The van der Waals surface area contributed by atoms with Crippen LogP contribution in [0.5, 0.6) is 5.75 Å². The maximum absolute atomic E-state index is 11.9. The van der Waals surface area contributed by atoms with Crippen LogP contribution in [0, 0.1) is 0 Å². The van der Waals surface area contributed by atoms with Gasteiger partial charge in [-0.3, -0.25) is 14.6 Å². The molecule has 0 saturated heterocycles. The number of nitrogens with zero attached hydrogens (tertiary/aromatic N) is 1. The van der Waals surface area contributed by atoms with Gasteiger partial charge in [0.2, 0.25) is 6.29 Å². The normalized spacial score (nSPS) is 11.6. The van der Waals surface area contributed by atoms with E-state index in [-0.39, 0.29) is 11.7 Å². The number of nitrogens with one attached hydrogen (secondary N) is 1. The van der Waals surface area contributed by atoms with Crippen LogP contribution in [0.25, 0.3) is 0 Å². The number of pyridine rings is 1. The molecule has 0 bridgehead atoms. The standard InChI is InChI=1S/C15H13N2O3/c18-10-13(8-11-3-5-14(19)6-4-11)17-15(20)12-2-1-7-16-9-12/h1-7,9,13,19H,8H2,(H,17,20). The number of phenols is 1. The van der Waals surface area contributed by atoms with Crippen molar-refractivity contribution >= 4 is 12.2 Å². The van der Waals surface area contributed by atoms with Gasteiger partial charge in [0.15, 0.2) is 0 Å². The molecule has 1 radical (unpaired) electrons. The molecular weight excluding hydrogens is 256 g/mol. The molecule has 0 aliphatic heterocycles. The summed E-state index contributed by atoms with van der Waals surface area (Å²) in [5, 5.41) is 11.8. The van der Waals surface area contributed by atoms with E-state index in [0.29, 0.717) is 12.0 Å². The number of aromatic hydroxyl groups is 1. The molecule has 5 nitrogen and oxygen atoms in total. The van der Waals surface area contributed by atoms with Crippen molar-refractivity contribution in [2.24, 2.45) is 0 Å². The molecule has 1 heterocycles. The van der Waals surface area contributed by atoms with Gasteiger partial charge in [0, 0.05) is 18.8 Å². The van der Waals surface area contributed by atoms with Crippen molar-refractivity contribution in [3.63, 3.8) is 0 Å². The zero-order valence-electron chi connectivity index (χ0n) is 10.6. The molecule has 1 amide bonds. The molecule has 1 aromatic carbocycles. The lowest BCUT2D eigenvalue weighted by Crippen LogP contribution is -2.37. The number of hydrogen-bond donors (Lipinski definition) is 2. The van der Waals surface area contributed by atoms with Crippen LogP contribution in [0.3, 0.4) is 0 Å². The summed E-state index contributed by atoms with van der Waals surface area (Å²) in [4.78, 5) is 26.7. The lowest BCUT2D eigenvalue weighted by atomic mass is 10.1. The quantitative estimate of drug-likeness (QED) is 0.855. The molecule has 101 valence electrons. The van der Waals surface area contributed by atoms with Gasteiger partial charge in [0.25, 0.3) is 5.91 Å². The molecule has 0 saturated carbocycles. The number of rotatable bonds is 5. The zero-order valence-corrected chi connectivity index (χ0v) is 10.6. The van der Waals surface area contributed by atoms with Crippen molar-refractivity contribution < 1.29 is 14.7 Å². The second-order valence-corrected chi connectivity index (χ2v) is 4.26. The van der Waals surface area contributed by atoms with Gasteiger partial charge in [0.05, 0.1) is 11.6 Å². The van der Waals surface area contributed by atoms with Gasteiger partial charge < -0.3 is 10.4 Å². The predicted molar refractivity (Wildman–Crippen MR) is 73.0 cm³/mol. The third-order valence-electron chi connectivity index (χ3n) is 2.75. The number of amides is 1. The van der Waals surface area contributed by atoms with Gasteiger partial charge in [-0.2, -0.15) is 0 Å². The van der Waals surface area contributed by atoms with Crippen molar-refractivity contribution in [2.75, 3.05) is 0 Å². The lowest BCUT2D eigenvalue weighted by molar-refractivity contribution is 0.0946. The number of benzene rings is 1. The first-order valence-corrected chi connectivity index (χ1v) is 6.05. The van der Waals surface area contributed by atoms with E-state index in [1.54, 1.807) is 36.7 Å². The van der Waals surface area contributed by atoms with Gasteiger partial charge in [-0.15, -0.1) is 0 Å². The fraction of sp³-hybridized carbons (Fsp3) is 0.133. The topological polar surface area (TPSA) is 79.3 Å². The number of phenolic OH excluding ortho intramolecular Hbond substituents is 1. The smallest absolute Gasteiger partial charge is 0.253 e. The summed E-state index contributed by atoms with van der Waals surface area (Å²) in [6.07, 6.45) is 5.11. The molecule has 2 aromatic rings. The molecule has 0 fully saturated rings. The zero-order chi connectivity index (χ0) is 14.4. The van der Waals surface area contributed by atoms with Gasteiger partial charge in [-0.05, 0) is 29.8 Å². The largest absolute Gasteiger partial charge is 0.508 e. The van der Waals surface area contributed by atoms with Crippen LogP contribution in [0.1, 0.15) is 15.9 Å². The van der Waals surface area contributed by atoms with Crippen molar-refractivity contribution in [1.82, 2.24) is 10.3 Å². The summed E-state index contributed by atoms with van der Waals surface area (Å²) in [6.45, 7) is 0. The number of hydrogen-bond acceptors (Lipinski definition) is 4. The molecule has 20 heavy (non-hydrogen) atoms. The average Bonchev–Trinajstić information content (AvgIpc) is 2.49. The van der Waals surface area contributed by atoms with E-state index in [0.717, 1.165) is 5.56 Å². The van der Waals surface area contributed by atoms with Crippen LogP contribution < -0.4 is 5.32 Å². The van der Waals surface area contributed by atoms with Crippen LogP contribution >= 0.6 is 0 Å². The highest BCUT2D eigenvalue weighted by Gasteiger charge is 2.14. The third-order valence-corrected chi connectivity index (χ3v) is 2.75. The summed E-state index contributed by atoms with van der Waals surface area (Å²) in [5.74, 6) is -0.218. The van der Waals surface area contributed by atoms with Crippen LogP contribution in [-0.4, -0.2) is 28.3 Å². The monoisotopic (exact) mass is 269 g/mol. The van der Waals surface area contributed by atoms with Crippen molar-refractivity contribution in [3.8, 4) is 5.75 Å². The van der Waals surface area contributed by atoms with Crippen LogP contribution in [-0.2, 0) is 11.2 Å². The van der Waals surface area contributed by atoms with E-state index in [1.807, 2.05) is 0 Å². The minimum atomic E-state index is -0.743. The Balaban J connectivity index is 2.00. The maximum Gasteiger partial charge on any atom is 0.253 e. The Kier molecular flexibility index (Phi) is 4.44.